The smallest absolute Gasteiger partial charge is 0.191 e. The predicted octanol–water partition coefficient (Wildman–Crippen LogP) is 2.42. The fraction of sp³-hybridized carbons (Fsp3) is 0.471. The third-order valence-electron chi connectivity index (χ3n) is 4.23. The molecule has 9 heteroatoms. The number of nitrogens with one attached hydrogen (secondary N) is 2. The zero-order valence-electron chi connectivity index (χ0n) is 15.0. The van der Waals surface area contributed by atoms with Gasteiger partial charge in [0.25, 0.3) is 0 Å². The summed E-state index contributed by atoms with van der Waals surface area (Å²) in [6.07, 6.45) is 4.58. The van der Waals surface area contributed by atoms with Crippen molar-refractivity contribution in [2.24, 2.45) is 12.0 Å². The Bertz CT molecular complexity index is 733. The van der Waals surface area contributed by atoms with Crippen molar-refractivity contribution in [2.75, 3.05) is 24.5 Å². The van der Waals surface area contributed by atoms with E-state index < -0.39 is 0 Å². The van der Waals surface area contributed by atoms with E-state index in [2.05, 4.69) is 37.5 Å². The van der Waals surface area contributed by atoms with Crippen molar-refractivity contribution in [3.05, 3.63) is 41.3 Å². The zero-order chi connectivity index (χ0) is 17.6. The van der Waals surface area contributed by atoms with Gasteiger partial charge in [0.1, 0.15) is 5.82 Å². The van der Waals surface area contributed by atoms with Gasteiger partial charge in [-0.3, -0.25) is 4.68 Å². The van der Waals surface area contributed by atoms with Crippen molar-refractivity contribution in [1.29, 1.82) is 0 Å². The summed E-state index contributed by atoms with van der Waals surface area (Å²) in [6.45, 7) is 5.26. The molecule has 142 valence electrons. The molecule has 1 saturated heterocycles. The molecule has 2 aromatic heterocycles. The summed E-state index contributed by atoms with van der Waals surface area (Å²) in [5.41, 5.74) is 1.07. The summed E-state index contributed by atoms with van der Waals surface area (Å²) in [4.78, 5) is 11.3. The summed E-state index contributed by atoms with van der Waals surface area (Å²) in [7, 11) is 1.93. The minimum atomic E-state index is 0. The van der Waals surface area contributed by atoms with Crippen molar-refractivity contribution < 1.29 is 0 Å². The largest absolute Gasteiger partial charge is 0.357 e. The first-order chi connectivity index (χ1) is 12.2. The second-order valence-electron chi connectivity index (χ2n) is 6.03. The first-order valence-electron chi connectivity index (χ1n) is 8.54. The first kappa shape index (κ1) is 20.8. The number of aryl methyl sites for hydroxylation is 1. The van der Waals surface area contributed by atoms with Crippen molar-refractivity contribution in [3.63, 3.8) is 0 Å². The van der Waals surface area contributed by atoms with Crippen LogP contribution in [0.1, 0.15) is 19.0 Å². The Labute approximate surface area is 176 Å². The molecule has 0 aliphatic carbocycles. The average molecular weight is 490 g/mol. The van der Waals surface area contributed by atoms with Gasteiger partial charge in [-0.15, -0.1) is 24.0 Å². The fourth-order valence-electron chi connectivity index (χ4n) is 2.91. The summed E-state index contributed by atoms with van der Waals surface area (Å²) >= 11 is 6.26. The number of pyridine rings is 1. The molecule has 3 heterocycles. The molecule has 0 saturated carbocycles. The maximum Gasteiger partial charge on any atom is 0.191 e. The van der Waals surface area contributed by atoms with Gasteiger partial charge in [0.05, 0.1) is 17.3 Å². The number of anilines is 1. The SMILES string of the molecule is CCNC(=NCc1ccnn1C)NC1CCN(c2ncccc2Cl)C1.I. The summed E-state index contributed by atoms with van der Waals surface area (Å²) in [6, 6.07) is 6.02. The third-order valence-corrected chi connectivity index (χ3v) is 4.53. The Kier molecular flexibility index (Phi) is 7.95. The van der Waals surface area contributed by atoms with E-state index >= 15 is 0 Å². The van der Waals surface area contributed by atoms with Gasteiger partial charge in [0.2, 0.25) is 0 Å². The molecule has 0 amide bonds. The highest BCUT2D eigenvalue weighted by Crippen LogP contribution is 2.25. The summed E-state index contributed by atoms with van der Waals surface area (Å²) in [5, 5.41) is 11.7. The number of rotatable bonds is 5. The van der Waals surface area contributed by atoms with Crippen molar-refractivity contribution >= 4 is 47.4 Å². The lowest BCUT2D eigenvalue weighted by molar-refractivity contribution is 0.645. The average Bonchev–Trinajstić information content (AvgIpc) is 3.22. The van der Waals surface area contributed by atoms with E-state index in [0.717, 1.165) is 43.5 Å². The molecule has 3 rings (SSSR count). The number of guanidine groups is 1. The van der Waals surface area contributed by atoms with Crippen LogP contribution in [0.2, 0.25) is 5.02 Å². The Hall–Kier alpha value is -1.55. The lowest BCUT2D eigenvalue weighted by Crippen LogP contribution is -2.44. The monoisotopic (exact) mass is 489 g/mol. The van der Waals surface area contributed by atoms with Gasteiger partial charge >= 0.3 is 0 Å². The molecule has 1 atom stereocenters. The lowest BCUT2D eigenvalue weighted by atomic mass is 10.3. The first-order valence-corrected chi connectivity index (χ1v) is 8.92. The summed E-state index contributed by atoms with van der Waals surface area (Å²) < 4.78 is 1.84. The van der Waals surface area contributed by atoms with Crippen molar-refractivity contribution in [2.45, 2.75) is 25.9 Å². The van der Waals surface area contributed by atoms with Crippen LogP contribution in [0.4, 0.5) is 5.82 Å². The van der Waals surface area contributed by atoms with Gasteiger partial charge in [-0.05, 0) is 31.5 Å². The fourth-order valence-corrected chi connectivity index (χ4v) is 3.15. The minimum absolute atomic E-state index is 0. The molecule has 26 heavy (non-hydrogen) atoms. The van der Waals surface area contributed by atoms with Crippen LogP contribution in [0, 0.1) is 0 Å². The highest BCUT2D eigenvalue weighted by atomic mass is 127. The van der Waals surface area contributed by atoms with E-state index in [4.69, 9.17) is 11.6 Å². The molecule has 7 nitrogen and oxygen atoms in total. The van der Waals surface area contributed by atoms with Gasteiger partial charge < -0.3 is 15.5 Å². The second-order valence-corrected chi connectivity index (χ2v) is 6.43. The number of nitrogens with zero attached hydrogens (tertiary/aromatic N) is 5. The normalized spacial score (nSPS) is 17.1. The Balaban J connectivity index is 0.00000243. The number of hydrogen-bond donors (Lipinski definition) is 2. The molecular weight excluding hydrogens is 465 g/mol. The number of halogens is 2. The molecule has 2 N–H and O–H groups in total. The molecule has 1 fully saturated rings. The van der Waals surface area contributed by atoms with Gasteiger partial charge in [-0.1, -0.05) is 11.6 Å². The molecule has 1 aliphatic rings. The maximum absolute atomic E-state index is 6.26. The van der Waals surface area contributed by atoms with Crippen LogP contribution in [0.5, 0.6) is 0 Å². The van der Waals surface area contributed by atoms with Crippen LogP contribution >= 0.6 is 35.6 Å². The molecule has 0 spiro atoms. The van der Waals surface area contributed by atoms with Gasteiger partial charge in [0, 0.05) is 45.1 Å². The van der Waals surface area contributed by atoms with E-state index in [1.807, 2.05) is 29.9 Å². The van der Waals surface area contributed by atoms with Gasteiger partial charge in [-0.25, -0.2) is 9.98 Å². The van der Waals surface area contributed by atoms with Crippen LogP contribution < -0.4 is 15.5 Å². The predicted molar refractivity (Wildman–Crippen MR) is 116 cm³/mol. The zero-order valence-corrected chi connectivity index (χ0v) is 18.1. The van der Waals surface area contributed by atoms with Crippen LogP contribution in [0.25, 0.3) is 0 Å². The Morgan fingerprint density at radius 3 is 2.92 bits per heavy atom. The highest BCUT2D eigenvalue weighted by Gasteiger charge is 2.25. The quantitative estimate of drug-likeness (QED) is 0.383. The van der Waals surface area contributed by atoms with Gasteiger partial charge in [0.15, 0.2) is 5.96 Å². The lowest BCUT2D eigenvalue weighted by Gasteiger charge is -2.20. The van der Waals surface area contributed by atoms with E-state index in [9.17, 15) is 0 Å². The standard InChI is InChI=1S/C17H24ClN7.HI/c1-3-19-17(21-11-14-6-9-22-24(14)2)23-13-7-10-25(12-13)16-15(18)5-4-8-20-16;/h4-6,8-9,13H,3,7,10-12H2,1-2H3,(H2,19,21,23);1H. The van der Waals surface area contributed by atoms with Crippen LogP contribution in [-0.2, 0) is 13.6 Å². The number of aromatic nitrogens is 3. The molecule has 0 bridgehead atoms. The Morgan fingerprint density at radius 1 is 1.38 bits per heavy atom. The molecule has 0 aromatic carbocycles. The van der Waals surface area contributed by atoms with Crippen LogP contribution in [0.3, 0.4) is 0 Å². The van der Waals surface area contributed by atoms with Gasteiger partial charge in [-0.2, -0.15) is 5.10 Å². The topological polar surface area (TPSA) is 70.4 Å². The highest BCUT2D eigenvalue weighted by molar-refractivity contribution is 14.0. The molecule has 1 unspecified atom stereocenters. The van der Waals surface area contributed by atoms with E-state index in [1.165, 1.54) is 0 Å². The molecule has 0 radical (unpaired) electrons. The van der Waals surface area contributed by atoms with E-state index in [0.29, 0.717) is 17.6 Å². The number of aliphatic imine (C=N–C) groups is 1. The molecular formula is C17H25ClIN7. The Morgan fingerprint density at radius 2 is 2.23 bits per heavy atom. The number of hydrogen-bond acceptors (Lipinski definition) is 4. The molecule has 1 aliphatic heterocycles. The van der Waals surface area contributed by atoms with Crippen molar-refractivity contribution in [1.82, 2.24) is 25.4 Å². The minimum Gasteiger partial charge on any atom is -0.357 e. The molecule has 2 aromatic rings. The van der Waals surface area contributed by atoms with Crippen molar-refractivity contribution in [3.8, 4) is 0 Å². The van der Waals surface area contributed by atoms with Crippen LogP contribution in [0.15, 0.2) is 35.6 Å². The van der Waals surface area contributed by atoms with E-state index in [-0.39, 0.29) is 24.0 Å². The maximum atomic E-state index is 6.26. The third kappa shape index (κ3) is 5.23. The van der Waals surface area contributed by atoms with Crippen LogP contribution in [-0.4, -0.2) is 46.4 Å². The summed E-state index contributed by atoms with van der Waals surface area (Å²) in [5.74, 6) is 1.67. The second kappa shape index (κ2) is 9.96. The van der Waals surface area contributed by atoms with E-state index in [1.54, 1.807) is 12.4 Å².